The molecule has 30 heavy (non-hydrogen) atoms. The van der Waals surface area contributed by atoms with Crippen LogP contribution in [0.25, 0.3) is 5.65 Å². The standard InChI is InChI=1S/C20H22Cl2N6O2/c1-12-7-13(2)10-26(9-12)18-19-25-28(20(30)27(19)6-5-23-18)11-17(29)24-14-3-4-15(21)16(22)8-14/h3-6,8,12-13H,7,9-11H2,1-2H3,(H,24,29). The van der Waals surface area contributed by atoms with Gasteiger partial charge in [-0.3, -0.25) is 4.79 Å². The van der Waals surface area contributed by atoms with E-state index in [2.05, 4.69) is 34.1 Å². The van der Waals surface area contributed by atoms with E-state index in [1.54, 1.807) is 30.6 Å². The van der Waals surface area contributed by atoms with E-state index in [9.17, 15) is 9.59 Å². The molecule has 0 spiro atoms. The van der Waals surface area contributed by atoms with E-state index in [4.69, 9.17) is 23.2 Å². The molecule has 1 saturated heterocycles. The van der Waals surface area contributed by atoms with Crippen molar-refractivity contribution in [3.63, 3.8) is 0 Å². The Labute approximate surface area is 183 Å². The van der Waals surface area contributed by atoms with E-state index < -0.39 is 11.6 Å². The Morgan fingerprint density at radius 1 is 1.20 bits per heavy atom. The Morgan fingerprint density at radius 2 is 1.93 bits per heavy atom. The van der Waals surface area contributed by atoms with Gasteiger partial charge in [-0.2, -0.15) is 0 Å². The number of nitrogens with zero attached hydrogens (tertiary/aromatic N) is 5. The van der Waals surface area contributed by atoms with Gasteiger partial charge in [0.1, 0.15) is 6.54 Å². The highest BCUT2D eigenvalue weighted by molar-refractivity contribution is 6.42. The zero-order chi connectivity index (χ0) is 21.4. The third kappa shape index (κ3) is 4.15. The molecule has 0 bridgehead atoms. The molecule has 2 atom stereocenters. The lowest BCUT2D eigenvalue weighted by atomic mass is 9.92. The summed E-state index contributed by atoms with van der Waals surface area (Å²) < 4.78 is 2.57. The van der Waals surface area contributed by atoms with Gasteiger partial charge in [0.25, 0.3) is 0 Å². The van der Waals surface area contributed by atoms with Crippen LogP contribution in [0.1, 0.15) is 20.3 Å². The molecule has 1 aliphatic heterocycles. The predicted molar refractivity (Wildman–Crippen MR) is 117 cm³/mol. The SMILES string of the molecule is CC1CC(C)CN(c2nccn3c(=O)n(CC(=O)Nc4ccc(Cl)c(Cl)c4)nc23)C1. The molecular weight excluding hydrogens is 427 g/mol. The number of halogens is 2. The van der Waals surface area contributed by atoms with Gasteiger partial charge in [0.15, 0.2) is 5.82 Å². The molecule has 1 fully saturated rings. The van der Waals surface area contributed by atoms with Crippen LogP contribution in [-0.4, -0.2) is 38.2 Å². The molecule has 2 unspecified atom stereocenters. The predicted octanol–water partition coefficient (Wildman–Crippen LogP) is 3.32. The maximum Gasteiger partial charge on any atom is 0.350 e. The summed E-state index contributed by atoms with van der Waals surface area (Å²) in [6.45, 7) is 5.90. The number of hydrogen-bond acceptors (Lipinski definition) is 5. The molecule has 3 heterocycles. The fraction of sp³-hybridized carbons (Fsp3) is 0.400. The molecular formula is C20H22Cl2N6O2. The number of anilines is 2. The number of carbonyl (C=O) groups excluding carboxylic acids is 1. The van der Waals surface area contributed by atoms with Gasteiger partial charge in [0, 0.05) is 31.2 Å². The third-order valence-corrected chi connectivity index (χ3v) is 5.89. The van der Waals surface area contributed by atoms with Crippen LogP contribution in [0.15, 0.2) is 35.4 Å². The number of carbonyl (C=O) groups is 1. The lowest BCUT2D eigenvalue weighted by Gasteiger charge is -2.35. The molecule has 1 amide bonds. The number of hydrogen-bond donors (Lipinski definition) is 1. The minimum Gasteiger partial charge on any atom is -0.353 e. The number of benzene rings is 1. The van der Waals surface area contributed by atoms with Gasteiger partial charge < -0.3 is 10.2 Å². The van der Waals surface area contributed by atoms with Crippen LogP contribution in [0.5, 0.6) is 0 Å². The zero-order valence-corrected chi connectivity index (χ0v) is 18.2. The van der Waals surface area contributed by atoms with E-state index in [1.165, 1.54) is 4.40 Å². The van der Waals surface area contributed by atoms with Crippen molar-refractivity contribution in [2.75, 3.05) is 23.3 Å². The van der Waals surface area contributed by atoms with Gasteiger partial charge in [-0.1, -0.05) is 37.0 Å². The van der Waals surface area contributed by atoms with Gasteiger partial charge >= 0.3 is 5.69 Å². The van der Waals surface area contributed by atoms with Crippen LogP contribution >= 0.6 is 23.2 Å². The summed E-state index contributed by atoms with van der Waals surface area (Å²) in [4.78, 5) is 31.9. The summed E-state index contributed by atoms with van der Waals surface area (Å²) in [5.74, 6) is 1.33. The molecule has 1 aliphatic rings. The first-order valence-corrected chi connectivity index (χ1v) is 10.5. The largest absolute Gasteiger partial charge is 0.353 e. The summed E-state index contributed by atoms with van der Waals surface area (Å²) in [5.41, 5.74) is 0.548. The molecule has 4 rings (SSSR count). The number of fused-ring (bicyclic) bond motifs is 1. The summed E-state index contributed by atoms with van der Waals surface area (Å²) in [6, 6.07) is 4.78. The molecule has 8 nitrogen and oxygen atoms in total. The Bertz CT molecular complexity index is 1150. The van der Waals surface area contributed by atoms with Gasteiger partial charge in [-0.05, 0) is 36.5 Å². The lowest BCUT2D eigenvalue weighted by molar-refractivity contribution is -0.117. The van der Waals surface area contributed by atoms with Crippen LogP contribution in [0.4, 0.5) is 11.5 Å². The van der Waals surface area contributed by atoms with Gasteiger partial charge in [-0.15, -0.1) is 5.10 Å². The fourth-order valence-electron chi connectivity index (χ4n) is 4.01. The molecule has 0 aliphatic carbocycles. The second kappa shape index (κ2) is 8.28. The first-order chi connectivity index (χ1) is 14.3. The Morgan fingerprint density at radius 3 is 2.63 bits per heavy atom. The molecule has 1 aromatic carbocycles. The van der Waals surface area contributed by atoms with E-state index in [1.807, 2.05) is 0 Å². The molecule has 0 saturated carbocycles. The van der Waals surface area contributed by atoms with Crippen LogP contribution in [0, 0.1) is 11.8 Å². The highest BCUT2D eigenvalue weighted by Gasteiger charge is 2.25. The van der Waals surface area contributed by atoms with Crippen molar-refractivity contribution in [3.05, 3.63) is 51.1 Å². The number of aromatic nitrogens is 4. The minimum atomic E-state index is -0.395. The topological polar surface area (TPSA) is 84.5 Å². The zero-order valence-electron chi connectivity index (χ0n) is 16.7. The summed E-state index contributed by atoms with van der Waals surface area (Å²) in [6.07, 6.45) is 4.32. The second-order valence-electron chi connectivity index (χ2n) is 7.91. The summed E-state index contributed by atoms with van der Waals surface area (Å²) >= 11 is 11.9. The quantitative estimate of drug-likeness (QED) is 0.661. The second-order valence-corrected chi connectivity index (χ2v) is 8.73. The molecule has 2 aromatic heterocycles. The van der Waals surface area contributed by atoms with E-state index in [0.29, 0.717) is 39.0 Å². The van der Waals surface area contributed by atoms with Crippen LogP contribution in [0.2, 0.25) is 10.0 Å². The Kier molecular flexibility index (Phi) is 5.71. The summed E-state index contributed by atoms with van der Waals surface area (Å²) in [7, 11) is 0. The van der Waals surface area contributed by atoms with Crippen molar-refractivity contribution in [1.82, 2.24) is 19.2 Å². The van der Waals surface area contributed by atoms with Gasteiger partial charge in [0.05, 0.1) is 10.0 Å². The number of amides is 1. The average Bonchev–Trinajstić information content (AvgIpc) is 2.99. The normalized spacial score (nSPS) is 19.3. The Hall–Kier alpha value is -2.58. The fourth-order valence-corrected chi connectivity index (χ4v) is 4.31. The van der Waals surface area contributed by atoms with Crippen LogP contribution in [-0.2, 0) is 11.3 Å². The maximum atomic E-state index is 12.8. The van der Waals surface area contributed by atoms with Crippen molar-refractivity contribution in [3.8, 4) is 0 Å². The number of rotatable bonds is 4. The first kappa shape index (κ1) is 20.7. The third-order valence-electron chi connectivity index (χ3n) is 5.15. The van der Waals surface area contributed by atoms with Crippen molar-refractivity contribution >= 4 is 46.3 Å². The minimum absolute atomic E-state index is 0.229. The van der Waals surface area contributed by atoms with Crippen LogP contribution in [0.3, 0.4) is 0 Å². The molecule has 158 valence electrons. The van der Waals surface area contributed by atoms with Crippen molar-refractivity contribution in [1.29, 1.82) is 0 Å². The van der Waals surface area contributed by atoms with E-state index in [-0.39, 0.29) is 6.54 Å². The van der Waals surface area contributed by atoms with Crippen molar-refractivity contribution < 1.29 is 4.79 Å². The van der Waals surface area contributed by atoms with E-state index in [0.717, 1.165) is 24.2 Å². The molecule has 10 heteroatoms. The maximum absolute atomic E-state index is 12.8. The first-order valence-electron chi connectivity index (χ1n) is 9.76. The van der Waals surface area contributed by atoms with Crippen molar-refractivity contribution in [2.45, 2.75) is 26.8 Å². The highest BCUT2D eigenvalue weighted by Crippen LogP contribution is 2.27. The van der Waals surface area contributed by atoms with Crippen LogP contribution < -0.4 is 15.9 Å². The smallest absolute Gasteiger partial charge is 0.350 e. The molecule has 0 radical (unpaired) electrons. The molecule has 3 aromatic rings. The van der Waals surface area contributed by atoms with Gasteiger partial charge in [-0.25, -0.2) is 18.9 Å². The van der Waals surface area contributed by atoms with Crippen molar-refractivity contribution in [2.24, 2.45) is 11.8 Å². The average molecular weight is 449 g/mol. The number of nitrogens with one attached hydrogen (secondary N) is 1. The highest BCUT2D eigenvalue weighted by atomic mass is 35.5. The Balaban J connectivity index is 1.59. The van der Waals surface area contributed by atoms with Gasteiger partial charge in [0.2, 0.25) is 11.6 Å². The number of piperidine rings is 1. The summed E-state index contributed by atoms with van der Waals surface area (Å²) in [5, 5.41) is 7.84. The van der Waals surface area contributed by atoms with E-state index >= 15 is 0 Å². The lowest BCUT2D eigenvalue weighted by Crippen LogP contribution is -2.39. The monoisotopic (exact) mass is 448 g/mol. The molecule has 1 N–H and O–H groups in total.